The van der Waals surface area contributed by atoms with Crippen LogP contribution in [0.3, 0.4) is 0 Å². The molecule has 1 unspecified atom stereocenters. The van der Waals surface area contributed by atoms with Crippen LogP contribution >= 0.6 is 11.6 Å². The quantitative estimate of drug-likeness (QED) is 0.405. The number of aliphatic hydroxyl groups excluding tert-OH is 1. The van der Waals surface area contributed by atoms with Crippen LogP contribution in [-0.2, 0) is 20.9 Å². The summed E-state index contributed by atoms with van der Waals surface area (Å²) in [6.07, 6.45) is -2.07. The van der Waals surface area contributed by atoms with Crippen molar-refractivity contribution < 1.29 is 42.4 Å². The molecule has 0 spiro atoms. The molecule has 0 aliphatic carbocycles. The van der Waals surface area contributed by atoms with E-state index in [4.69, 9.17) is 41.0 Å². The summed E-state index contributed by atoms with van der Waals surface area (Å²) in [5, 5.41) is 9.92. The number of aliphatic hydroxyl groups is 1. The van der Waals surface area contributed by atoms with Gasteiger partial charge in [-0.15, -0.1) is 0 Å². The molecule has 2 aromatic heterocycles. The fourth-order valence-electron chi connectivity index (χ4n) is 3.82. The normalized spacial score (nSPS) is 23.4. The van der Waals surface area contributed by atoms with E-state index in [0.29, 0.717) is 5.52 Å². The highest BCUT2D eigenvalue weighted by Crippen LogP contribution is 2.32. The number of carbonyl (C=O) groups excluding carboxylic acids is 1. The summed E-state index contributed by atoms with van der Waals surface area (Å²) in [4.78, 5) is 22.1. The number of pyridine rings is 1. The number of nitrogens with one attached hydrogen (secondary N) is 1. The molecular weight excluding hydrogens is 494 g/mol. The third kappa shape index (κ3) is 4.80. The second kappa shape index (κ2) is 9.41. The Balaban J connectivity index is 1.28. The van der Waals surface area contributed by atoms with E-state index in [1.807, 2.05) is 0 Å². The molecule has 5 rings (SSSR count). The minimum atomic E-state index is -0.950. The Kier molecular flexibility index (Phi) is 6.32. The molecular formula is C21H19ClF2N4O7. The van der Waals surface area contributed by atoms with E-state index in [9.17, 15) is 18.7 Å². The van der Waals surface area contributed by atoms with Crippen LogP contribution in [0.1, 0.15) is 5.56 Å². The first-order chi connectivity index (χ1) is 16.8. The van der Waals surface area contributed by atoms with Gasteiger partial charge >= 0.3 is 0 Å². The van der Waals surface area contributed by atoms with Crippen LogP contribution in [0.25, 0.3) is 11.2 Å². The fourth-order valence-corrected chi connectivity index (χ4v) is 4.03. The highest BCUT2D eigenvalue weighted by Gasteiger charge is 2.48. The maximum Gasteiger partial charge on any atom is 0.296 e. The van der Waals surface area contributed by atoms with Crippen molar-refractivity contribution in [2.24, 2.45) is 5.73 Å². The number of nitrogens with two attached hydrogens (primary N) is 1. The number of hydrogen-bond acceptors (Lipinski definition) is 9. The number of nitrogens with zero attached hydrogens (tertiary/aromatic N) is 2. The number of aromatic amines is 1. The number of primary amides is 1. The molecule has 4 N–H and O–H groups in total. The molecule has 2 aliphatic rings. The van der Waals surface area contributed by atoms with Crippen molar-refractivity contribution in [1.29, 1.82) is 0 Å². The van der Waals surface area contributed by atoms with E-state index < -0.39 is 60.7 Å². The predicted octanol–water partition coefficient (Wildman–Crippen LogP) is 1.24. The number of halogens is 3. The van der Waals surface area contributed by atoms with Gasteiger partial charge in [-0.2, -0.15) is 9.97 Å². The molecule has 4 heterocycles. The van der Waals surface area contributed by atoms with Crippen molar-refractivity contribution in [2.75, 3.05) is 19.8 Å². The van der Waals surface area contributed by atoms with Crippen LogP contribution in [-0.4, -0.2) is 70.2 Å². The van der Waals surface area contributed by atoms with Crippen LogP contribution in [0.5, 0.6) is 17.6 Å². The van der Waals surface area contributed by atoms with Crippen molar-refractivity contribution in [3.63, 3.8) is 0 Å². The molecule has 2 saturated heterocycles. The number of fused-ring (bicyclic) bond motifs is 2. The molecule has 1 aromatic carbocycles. The van der Waals surface area contributed by atoms with E-state index in [-0.39, 0.29) is 41.5 Å². The molecule has 2 fully saturated rings. The van der Waals surface area contributed by atoms with Gasteiger partial charge in [0.15, 0.2) is 18.4 Å². The standard InChI is InChI=1S/C21H19ClF2N4O7/c22-10-3-13-19(28-21(26-13)35-15-6-33-17-14(29)5-32-18(15)17)27-20(10)34-4-9-11(23)1-8(2-12(9)24)31-7-16(25)30/h1-3,14-15,17-18,29H,4-7H2,(H2,25,30)(H,26,27,28)/t14-,15-,17?,18-/m1/s1. The number of amides is 1. The lowest BCUT2D eigenvalue weighted by Crippen LogP contribution is -2.34. The van der Waals surface area contributed by atoms with Crippen molar-refractivity contribution in [3.05, 3.63) is 40.4 Å². The number of H-pyrrole nitrogens is 1. The van der Waals surface area contributed by atoms with Crippen molar-refractivity contribution in [2.45, 2.75) is 31.0 Å². The molecule has 1 amide bonds. The zero-order valence-corrected chi connectivity index (χ0v) is 18.6. The summed E-state index contributed by atoms with van der Waals surface area (Å²) in [6.45, 7) is -0.664. The Labute approximate surface area is 201 Å². The van der Waals surface area contributed by atoms with Crippen molar-refractivity contribution >= 4 is 28.7 Å². The van der Waals surface area contributed by atoms with Crippen molar-refractivity contribution in [1.82, 2.24) is 15.0 Å². The average Bonchev–Trinajstić information content (AvgIpc) is 3.48. The summed E-state index contributed by atoms with van der Waals surface area (Å²) in [7, 11) is 0. The fraction of sp³-hybridized carbons (Fsp3) is 0.381. The van der Waals surface area contributed by atoms with Crippen molar-refractivity contribution in [3.8, 4) is 17.6 Å². The molecule has 0 radical (unpaired) electrons. The molecule has 14 heteroatoms. The van der Waals surface area contributed by atoms with Gasteiger partial charge in [0.05, 0.1) is 24.3 Å². The van der Waals surface area contributed by atoms with Gasteiger partial charge in [0.2, 0.25) is 5.88 Å². The SMILES string of the molecule is NC(=O)COc1cc(F)c(COc2nc3nc(O[C@@H]4COC5[C@H](O)CO[C@@H]54)[nH]c3cc2Cl)c(F)c1. The van der Waals surface area contributed by atoms with Gasteiger partial charge in [-0.1, -0.05) is 11.6 Å². The highest BCUT2D eigenvalue weighted by molar-refractivity contribution is 6.32. The Hall–Kier alpha value is -3.26. The zero-order chi connectivity index (χ0) is 24.7. The molecule has 0 bridgehead atoms. The number of hydrogen-bond donors (Lipinski definition) is 3. The van der Waals surface area contributed by atoms with Gasteiger partial charge < -0.3 is 39.5 Å². The molecule has 3 aromatic rings. The second-order valence-electron chi connectivity index (χ2n) is 7.92. The third-order valence-electron chi connectivity index (χ3n) is 5.47. The lowest BCUT2D eigenvalue weighted by molar-refractivity contribution is -0.119. The third-order valence-corrected chi connectivity index (χ3v) is 5.74. The summed E-state index contributed by atoms with van der Waals surface area (Å²) in [5.74, 6) is -2.98. The van der Waals surface area contributed by atoms with Crippen LogP contribution in [0.2, 0.25) is 5.02 Å². The van der Waals surface area contributed by atoms with Crippen LogP contribution in [0.15, 0.2) is 18.2 Å². The minimum Gasteiger partial charge on any atom is -0.484 e. The molecule has 35 heavy (non-hydrogen) atoms. The van der Waals surface area contributed by atoms with Crippen LogP contribution < -0.4 is 19.9 Å². The number of benzene rings is 1. The maximum atomic E-state index is 14.4. The summed E-state index contributed by atoms with van der Waals surface area (Å²) >= 11 is 6.22. The van der Waals surface area contributed by atoms with Gasteiger partial charge in [0.25, 0.3) is 11.9 Å². The molecule has 186 valence electrons. The van der Waals surface area contributed by atoms with Crippen LogP contribution in [0, 0.1) is 11.6 Å². The average molecular weight is 513 g/mol. The first-order valence-electron chi connectivity index (χ1n) is 10.4. The first kappa shape index (κ1) is 23.5. The molecule has 2 aliphatic heterocycles. The molecule has 11 nitrogen and oxygen atoms in total. The van der Waals surface area contributed by atoms with E-state index in [0.717, 1.165) is 12.1 Å². The lowest BCUT2D eigenvalue weighted by Gasteiger charge is -2.15. The number of rotatable bonds is 8. The molecule has 4 atom stereocenters. The predicted molar refractivity (Wildman–Crippen MR) is 114 cm³/mol. The zero-order valence-electron chi connectivity index (χ0n) is 17.9. The number of ether oxygens (including phenoxy) is 5. The number of aromatic nitrogens is 3. The van der Waals surface area contributed by atoms with Gasteiger partial charge in [0, 0.05) is 12.1 Å². The van der Waals surface area contributed by atoms with Gasteiger partial charge in [-0.3, -0.25) is 4.79 Å². The molecule has 0 saturated carbocycles. The summed E-state index contributed by atoms with van der Waals surface area (Å²) < 4.78 is 55.9. The highest BCUT2D eigenvalue weighted by atomic mass is 35.5. The monoisotopic (exact) mass is 512 g/mol. The summed E-state index contributed by atoms with van der Waals surface area (Å²) in [5.41, 5.74) is 5.19. The number of imidazole rings is 1. The lowest BCUT2D eigenvalue weighted by atomic mass is 10.1. The first-order valence-corrected chi connectivity index (χ1v) is 10.8. The minimum absolute atomic E-state index is 0.0708. The van der Waals surface area contributed by atoms with Crippen LogP contribution in [0.4, 0.5) is 8.78 Å². The Morgan fingerprint density at radius 2 is 1.91 bits per heavy atom. The Morgan fingerprint density at radius 1 is 1.17 bits per heavy atom. The van der Waals surface area contributed by atoms with E-state index in [1.54, 1.807) is 0 Å². The Bertz CT molecular complexity index is 1250. The van der Waals surface area contributed by atoms with E-state index in [1.165, 1.54) is 6.07 Å². The van der Waals surface area contributed by atoms with Gasteiger partial charge in [-0.05, 0) is 6.07 Å². The maximum absolute atomic E-state index is 14.4. The van der Waals surface area contributed by atoms with Gasteiger partial charge in [0.1, 0.15) is 47.3 Å². The van der Waals surface area contributed by atoms with Gasteiger partial charge in [-0.25, -0.2) is 8.78 Å². The largest absolute Gasteiger partial charge is 0.484 e. The topological polar surface area (TPSA) is 151 Å². The number of carbonyl (C=O) groups is 1. The van der Waals surface area contributed by atoms with E-state index in [2.05, 4.69) is 15.0 Å². The van der Waals surface area contributed by atoms with E-state index >= 15 is 0 Å². The smallest absolute Gasteiger partial charge is 0.296 e. The Morgan fingerprint density at radius 3 is 2.66 bits per heavy atom. The summed E-state index contributed by atoms with van der Waals surface area (Å²) in [6, 6.07) is 3.43. The second-order valence-corrected chi connectivity index (χ2v) is 8.32.